The summed E-state index contributed by atoms with van der Waals surface area (Å²) in [6.45, 7) is 2.16. The van der Waals surface area contributed by atoms with Gasteiger partial charge in [0.05, 0.1) is 23.0 Å². The van der Waals surface area contributed by atoms with Gasteiger partial charge < -0.3 is 4.74 Å². The molecule has 1 N–H and O–H groups in total. The van der Waals surface area contributed by atoms with Crippen molar-refractivity contribution in [2.75, 3.05) is 6.61 Å². The van der Waals surface area contributed by atoms with Crippen LogP contribution in [-0.2, 0) is 27.7 Å². The molecule has 1 aliphatic carbocycles. The topological polar surface area (TPSA) is 133 Å². The van der Waals surface area contributed by atoms with Crippen molar-refractivity contribution in [3.8, 4) is 22.8 Å². The number of ether oxygens (including phenoxy) is 1. The molecule has 14 heteroatoms. The molecule has 0 aliphatic heterocycles. The van der Waals surface area contributed by atoms with Crippen LogP contribution in [0.25, 0.3) is 17.1 Å². The number of nitrogens with zero attached hydrogens (tertiary/aromatic N) is 4. The van der Waals surface area contributed by atoms with Gasteiger partial charge >= 0.3 is 6.18 Å². The number of carbonyl (C=O) groups excluding carboxylic acids is 1. The predicted octanol–water partition coefficient (Wildman–Crippen LogP) is 5.09. The lowest BCUT2D eigenvalue weighted by Crippen LogP contribution is -2.32. The Labute approximate surface area is 263 Å². The van der Waals surface area contributed by atoms with Gasteiger partial charge in [0, 0.05) is 23.5 Å². The second-order valence-corrected chi connectivity index (χ2v) is 12.7. The molecule has 0 atom stereocenters. The molecule has 10 nitrogen and oxygen atoms in total. The first-order valence-corrected chi connectivity index (χ1v) is 16.2. The van der Waals surface area contributed by atoms with Crippen LogP contribution in [0, 0.1) is 12.8 Å². The second kappa shape index (κ2) is 13.4. The number of benzene rings is 2. The molecule has 1 amide bonds. The van der Waals surface area contributed by atoms with Gasteiger partial charge in [0.25, 0.3) is 15.6 Å². The van der Waals surface area contributed by atoms with Crippen LogP contribution in [0.5, 0.6) is 5.75 Å². The Morgan fingerprint density at radius 3 is 2.37 bits per heavy atom. The number of aromatic nitrogens is 4. The van der Waals surface area contributed by atoms with Crippen molar-refractivity contribution in [1.82, 2.24) is 24.2 Å². The minimum atomic E-state index is -4.52. The zero-order valence-corrected chi connectivity index (χ0v) is 26.0. The maximum Gasteiger partial charge on any atom is 0.422 e. The Kier molecular flexibility index (Phi) is 9.56. The van der Waals surface area contributed by atoms with Gasteiger partial charge in [-0.1, -0.05) is 55.8 Å². The number of sulfonamides is 1. The summed E-state index contributed by atoms with van der Waals surface area (Å²) >= 11 is 0. The van der Waals surface area contributed by atoms with Crippen LogP contribution < -0.4 is 15.0 Å². The lowest BCUT2D eigenvalue weighted by Gasteiger charge is -2.15. The monoisotopic (exact) mass is 655 g/mol. The highest BCUT2D eigenvalue weighted by molar-refractivity contribution is 7.90. The van der Waals surface area contributed by atoms with E-state index in [2.05, 4.69) is 24.4 Å². The van der Waals surface area contributed by atoms with Gasteiger partial charge in [-0.05, 0) is 49.8 Å². The average Bonchev–Trinajstić information content (AvgIpc) is 3.87. The van der Waals surface area contributed by atoms with Crippen LogP contribution in [0.15, 0.2) is 70.6 Å². The van der Waals surface area contributed by atoms with Crippen molar-refractivity contribution in [2.45, 2.75) is 63.4 Å². The molecule has 0 spiro atoms. The summed E-state index contributed by atoms with van der Waals surface area (Å²) in [6, 6.07) is 13.5. The van der Waals surface area contributed by atoms with E-state index in [1.54, 1.807) is 49.4 Å². The van der Waals surface area contributed by atoms with Crippen molar-refractivity contribution in [1.29, 1.82) is 0 Å². The summed E-state index contributed by atoms with van der Waals surface area (Å²) < 4.78 is 71.8. The Bertz CT molecular complexity index is 1890. The van der Waals surface area contributed by atoms with Crippen molar-refractivity contribution in [2.24, 2.45) is 5.92 Å². The number of aryl methyl sites for hydroxylation is 2. The number of unbranched alkanes of at least 4 members (excludes halogenated alkanes) is 1. The Morgan fingerprint density at radius 2 is 1.74 bits per heavy atom. The number of hydrogen-bond acceptors (Lipinski definition) is 8. The average molecular weight is 656 g/mol. The van der Waals surface area contributed by atoms with Crippen LogP contribution in [0.3, 0.4) is 0 Å². The van der Waals surface area contributed by atoms with Crippen molar-refractivity contribution in [3.63, 3.8) is 0 Å². The fourth-order valence-electron chi connectivity index (χ4n) is 4.91. The minimum absolute atomic E-state index is 0.0148. The summed E-state index contributed by atoms with van der Waals surface area (Å²) in [5.41, 5.74) is 2.42. The molecule has 1 saturated carbocycles. The quantitative estimate of drug-likeness (QED) is 0.223. The molecule has 0 saturated heterocycles. The molecule has 5 rings (SSSR count). The molecular formula is C32H32F3N5O5S. The minimum Gasteiger partial charge on any atom is -0.481 e. The highest BCUT2D eigenvalue weighted by atomic mass is 32.2. The molecule has 0 radical (unpaired) electrons. The first kappa shape index (κ1) is 32.8. The first-order valence-electron chi connectivity index (χ1n) is 14.7. The van der Waals surface area contributed by atoms with Crippen LogP contribution in [-0.4, -0.2) is 46.6 Å². The van der Waals surface area contributed by atoms with E-state index in [4.69, 9.17) is 0 Å². The first-order chi connectivity index (χ1) is 21.9. The van der Waals surface area contributed by atoms with Crippen LogP contribution in [0.1, 0.15) is 55.3 Å². The molecule has 0 unspecified atom stereocenters. The van der Waals surface area contributed by atoms with Crippen LogP contribution in [0.2, 0.25) is 0 Å². The zero-order valence-electron chi connectivity index (χ0n) is 25.2. The van der Waals surface area contributed by atoms with Crippen LogP contribution >= 0.6 is 0 Å². The van der Waals surface area contributed by atoms with Crippen molar-refractivity contribution < 1.29 is 31.1 Å². The molecule has 242 valence electrons. The lowest BCUT2D eigenvalue weighted by molar-refractivity contribution is -0.153. The standard InChI is InChI=1S/C32H32F3N5O5S/c1-3-4-8-27-26(30(42)40(20(2)38-27)31-36-17-24(18-37-31)45-19-32(33,34)35)16-21-10-12-22(13-11-21)25-7-5-6-9-28(25)46(43,44)39-29(41)23-14-15-23/h5-7,9-13,17-18,23H,3-4,8,14-16,19H2,1-2H3,(H,39,41). The number of halogens is 3. The van der Waals surface area contributed by atoms with Crippen LogP contribution in [0.4, 0.5) is 13.2 Å². The Hall–Kier alpha value is -4.59. The zero-order chi connectivity index (χ0) is 33.1. The number of carbonyl (C=O) groups is 1. The summed E-state index contributed by atoms with van der Waals surface area (Å²) in [4.78, 5) is 38.9. The normalized spacial score (nSPS) is 13.4. The SMILES string of the molecule is CCCCc1nc(C)n(-c2ncc(OCC(F)(F)F)cn2)c(=O)c1Cc1ccc(-c2ccccc2S(=O)(=O)NC(=O)C2CC2)cc1. The van der Waals surface area contributed by atoms with Gasteiger partial charge in [-0.15, -0.1) is 0 Å². The number of alkyl halides is 3. The second-order valence-electron chi connectivity index (χ2n) is 11.1. The van der Waals surface area contributed by atoms with E-state index in [-0.39, 0.29) is 28.9 Å². The summed E-state index contributed by atoms with van der Waals surface area (Å²) in [7, 11) is -4.09. The Morgan fingerprint density at radius 1 is 1.07 bits per heavy atom. The third kappa shape index (κ3) is 7.79. The Balaban J connectivity index is 1.44. The molecular weight excluding hydrogens is 623 g/mol. The maximum absolute atomic E-state index is 13.9. The number of hydrogen-bond donors (Lipinski definition) is 1. The van der Waals surface area contributed by atoms with Crippen molar-refractivity contribution in [3.05, 3.63) is 93.9 Å². The van der Waals surface area contributed by atoms with Crippen molar-refractivity contribution >= 4 is 15.9 Å². The fourth-order valence-corrected chi connectivity index (χ4v) is 6.18. The smallest absolute Gasteiger partial charge is 0.422 e. The highest BCUT2D eigenvalue weighted by Gasteiger charge is 2.33. The van der Waals surface area contributed by atoms with E-state index in [1.165, 1.54) is 10.6 Å². The van der Waals surface area contributed by atoms with E-state index >= 15 is 0 Å². The lowest BCUT2D eigenvalue weighted by atomic mass is 9.98. The molecule has 1 fully saturated rings. The molecule has 46 heavy (non-hydrogen) atoms. The van der Waals surface area contributed by atoms with Gasteiger partial charge in [0.2, 0.25) is 11.9 Å². The van der Waals surface area contributed by atoms with E-state index < -0.39 is 34.3 Å². The third-order valence-corrected chi connectivity index (χ3v) is 8.82. The molecule has 4 aromatic rings. The largest absolute Gasteiger partial charge is 0.481 e. The number of nitrogens with one attached hydrogen (secondary N) is 1. The van der Waals surface area contributed by atoms with Gasteiger partial charge in [0.1, 0.15) is 5.82 Å². The summed E-state index contributed by atoms with van der Waals surface area (Å²) in [5, 5.41) is 0. The van der Waals surface area contributed by atoms with Gasteiger partial charge in [-0.3, -0.25) is 9.59 Å². The fraction of sp³-hybridized carbons (Fsp3) is 0.344. The highest BCUT2D eigenvalue weighted by Crippen LogP contribution is 2.31. The number of rotatable bonds is 12. The van der Waals surface area contributed by atoms with E-state index in [9.17, 15) is 31.2 Å². The molecule has 2 aromatic heterocycles. The van der Waals surface area contributed by atoms with Gasteiger partial charge in [0.15, 0.2) is 12.4 Å². The molecule has 2 aromatic carbocycles. The van der Waals surface area contributed by atoms with E-state index in [0.29, 0.717) is 47.5 Å². The number of amides is 1. The maximum atomic E-state index is 13.9. The third-order valence-electron chi connectivity index (χ3n) is 7.42. The molecule has 1 aliphatic rings. The summed E-state index contributed by atoms with van der Waals surface area (Å²) in [6.07, 6.45) is 1.40. The van der Waals surface area contributed by atoms with Gasteiger partial charge in [-0.2, -0.15) is 13.2 Å². The predicted molar refractivity (Wildman–Crippen MR) is 163 cm³/mol. The van der Waals surface area contributed by atoms with E-state index in [1.807, 2.05) is 6.92 Å². The van der Waals surface area contributed by atoms with Gasteiger partial charge in [-0.25, -0.2) is 32.7 Å². The molecule has 2 heterocycles. The van der Waals surface area contributed by atoms with E-state index in [0.717, 1.165) is 30.8 Å². The molecule has 0 bridgehead atoms. The summed E-state index contributed by atoms with van der Waals surface area (Å²) in [5.74, 6) is -0.699.